The first-order valence-corrected chi connectivity index (χ1v) is 8.37. The van der Waals surface area contributed by atoms with Crippen molar-refractivity contribution < 1.29 is 38.1 Å². The number of hydrogen-bond donors (Lipinski definition) is 0. The van der Waals surface area contributed by atoms with Crippen LogP contribution >= 0.6 is 0 Å². The molecule has 0 aromatic carbocycles. The Morgan fingerprint density at radius 3 is 2.43 bits per heavy atom. The van der Waals surface area contributed by atoms with Crippen molar-refractivity contribution in [2.24, 2.45) is 15.0 Å². The van der Waals surface area contributed by atoms with E-state index in [-0.39, 0.29) is 12.4 Å². The smallest absolute Gasteiger partial charge is 0.303 e. The molecule has 0 aromatic heterocycles. The average Bonchev–Trinajstić information content (AvgIpc) is 3.16. The Hall–Kier alpha value is -3.15. The summed E-state index contributed by atoms with van der Waals surface area (Å²) in [5, 5.41) is 0. The summed E-state index contributed by atoms with van der Waals surface area (Å²) in [5.41, 5.74) is 0. The number of ether oxygens (including phenoxy) is 4. The first kappa shape index (κ1) is 19.6. The Bertz CT molecular complexity index is 792. The quantitative estimate of drug-likeness (QED) is 0.415. The molecular weight excluding hydrogens is 376 g/mol. The molecular formula is C16H18N4O8. The van der Waals surface area contributed by atoms with Crippen molar-refractivity contribution in [2.75, 3.05) is 6.61 Å². The molecule has 1 amide bonds. The summed E-state index contributed by atoms with van der Waals surface area (Å²) in [6, 6.07) is -0.925. The highest BCUT2D eigenvalue weighted by molar-refractivity contribution is 6.19. The first-order chi connectivity index (χ1) is 13.3. The molecule has 0 N–H and O–H groups in total. The van der Waals surface area contributed by atoms with E-state index in [0.717, 1.165) is 6.34 Å². The number of fused-ring (bicyclic) bond motifs is 1. The summed E-state index contributed by atoms with van der Waals surface area (Å²) in [6.07, 6.45) is -1.65. The Morgan fingerprint density at radius 1 is 1.11 bits per heavy atom. The molecule has 0 bridgehead atoms. The molecule has 0 saturated carbocycles. The SMILES string of the molecule is CC(=O)OC[C@H]1O[C@@H](N2C=NC3C(=O)N=CN=C32)[C@@H](OC(C)=O)[C@H]1OC(C)=O. The third-order valence-corrected chi connectivity index (χ3v) is 4.07. The van der Waals surface area contributed by atoms with Gasteiger partial charge in [0.2, 0.25) is 0 Å². The van der Waals surface area contributed by atoms with Crippen LogP contribution in [0.2, 0.25) is 0 Å². The number of carbonyl (C=O) groups is 4. The summed E-state index contributed by atoms with van der Waals surface area (Å²) in [7, 11) is 0. The van der Waals surface area contributed by atoms with Gasteiger partial charge in [0.25, 0.3) is 5.91 Å². The molecule has 5 atom stereocenters. The molecule has 0 radical (unpaired) electrons. The zero-order valence-electron chi connectivity index (χ0n) is 15.3. The molecule has 28 heavy (non-hydrogen) atoms. The average molecular weight is 394 g/mol. The lowest BCUT2D eigenvalue weighted by Crippen LogP contribution is -2.50. The van der Waals surface area contributed by atoms with E-state index in [1.54, 1.807) is 0 Å². The summed E-state index contributed by atoms with van der Waals surface area (Å²) >= 11 is 0. The topological polar surface area (TPSA) is 146 Å². The van der Waals surface area contributed by atoms with Gasteiger partial charge < -0.3 is 18.9 Å². The molecule has 0 aromatic rings. The number of carbonyl (C=O) groups excluding carboxylic acids is 4. The van der Waals surface area contributed by atoms with E-state index in [1.807, 2.05) is 0 Å². The minimum absolute atomic E-state index is 0.233. The van der Waals surface area contributed by atoms with Crippen LogP contribution in [-0.2, 0) is 38.1 Å². The third kappa shape index (κ3) is 3.91. The van der Waals surface area contributed by atoms with Crippen molar-refractivity contribution in [3.05, 3.63) is 0 Å². The van der Waals surface area contributed by atoms with E-state index >= 15 is 0 Å². The van der Waals surface area contributed by atoms with E-state index < -0.39 is 54.4 Å². The Kier molecular flexibility index (Phi) is 5.49. The van der Waals surface area contributed by atoms with Gasteiger partial charge in [-0.2, -0.15) is 4.99 Å². The van der Waals surface area contributed by atoms with E-state index in [0.29, 0.717) is 0 Å². The highest BCUT2D eigenvalue weighted by Crippen LogP contribution is 2.31. The summed E-state index contributed by atoms with van der Waals surface area (Å²) in [5.74, 6) is -2.10. The second-order valence-electron chi connectivity index (χ2n) is 6.16. The number of nitrogens with zero attached hydrogens (tertiary/aromatic N) is 4. The maximum absolute atomic E-state index is 11.9. The van der Waals surface area contributed by atoms with Gasteiger partial charge in [0.15, 0.2) is 24.5 Å². The van der Waals surface area contributed by atoms with E-state index in [9.17, 15) is 19.2 Å². The molecule has 0 spiro atoms. The van der Waals surface area contributed by atoms with Crippen molar-refractivity contribution in [3.63, 3.8) is 0 Å². The second kappa shape index (κ2) is 7.84. The standard InChI is InChI=1S/C16H18N4O8/c1-7(21)25-4-10-12(26-8(2)22)13(27-9(3)23)16(28-10)20-6-19-11-14(20)17-5-18-15(11)24/h5-6,10-13,16H,4H2,1-3H3/t10-,11?,12+,13+,16-/m1/s1. The normalized spacial score (nSPS) is 30.7. The summed E-state index contributed by atoms with van der Waals surface area (Å²) < 4.78 is 21.5. The number of amidine groups is 1. The van der Waals surface area contributed by atoms with Crippen LogP contribution in [0.3, 0.4) is 0 Å². The maximum Gasteiger partial charge on any atom is 0.303 e. The fourth-order valence-corrected chi connectivity index (χ4v) is 3.05. The monoisotopic (exact) mass is 394 g/mol. The van der Waals surface area contributed by atoms with Crippen LogP contribution < -0.4 is 0 Å². The predicted octanol–water partition coefficient (Wildman–Crippen LogP) is -1.18. The lowest BCUT2D eigenvalue weighted by atomic mass is 10.1. The highest BCUT2D eigenvalue weighted by atomic mass is 16.7. The molecule has 0 aliphatic carbocycles. The summed E-state index contributed by atoms with van der Waals surface area (Å²) in [4.78, 5) is 59.3. The van der Waals surface area contributed by atoms with Crippen molar-refractivity contribution in [3.8, 4) is 0 Å². The molecule has 3 heterocycles. The molecule has 1 unspecified atom stereocenters. The maximum atomic E-state index is 11.9. The van der Waals surface area contributed by atoms with Crippen LogP contribution in [0.4, 0.5) is 0 Å². The zero-order chi connectivity index (χ0) is 20.4. The van der Waals surface area contributed by atoms with Crippen molar-refractivity contribution in [2.45, 2.75) is 51.4 Å². The lowest BCUT2D eigenvalue weighted by Gasteiger charge is -2.29. The van der Waals surface area contributed by atoms with Gasteiger partial charge in [0.05, 0.1) is 6.34 Å². The van der Waals surface area contributed by atoms with Gasteiger partial charge in [-0.25, -0.2) is 4.99 Å². The highest BCUT2D eigenvalue weighted by Gasteiger charge is 2.54. The second-order valence-corrected chi connectivity index (χ2v) is 6.16. The van der Waals surface area contributed by atoms with Gasteiger partial charge in [-0.1, -0.05) is 0 Å². The van der Waals surface area contributed by atoms with Crippen LogP contribution in [0.15, 0.2) is 15.0 Å². The molecule has 150 valence electrons. The Morgan fingerprint density at radius 2 is 1.79 bits per heavy atom. The number of amides is 1. The third-order valence-electron chi connectivity index (χ3n) is 4.07. The van der Waals surface area contributed by atoms with Gasteiger partial charge in [-0.05, 0) is 0 Å². The minimum Gasteiger partial charge on any atom is -0.463 e. The van der Waals surface area contributed by atoms with Crippen molar-refractivity contribution in [1.82, 2.24) is 4.90 Å². The van der Waals surface area contributed by atoms with Gasteiger partial charge in [0, 0.05) is 20.8 Å². The van der Waals surface area contributed by atoms with E-state index in [1.165, 1.54) is 32.0 Å². The molecule has 3 aliphatic rings. The molecule has 1 saturated heterocycles. The first-order valence-electron chi connectivity index (χ1n) is 8.37. The molecule has 3 aliphatic heterocycles. The van der Waals surface area contributed by atoms with Crippen LogP contribution in [0.25, 0.3) is 0 Å². The molecule has 1 fully saturated rings. The molecule has 12 nitrogen and oxygen atoms in total. The van der Waals surface area contributed by atoms with Crippen LogP contribution in [0, 0.1) is 0 Å². The van der Waals surface area contributed by atoms with Crippen LogP contribution in [0.1, 0.15) is 20.8 Å². The fourth-order valence-electron chi connectivity index (χ4n) is 3.05. The van der Waals surface area contributed by atoms with Crippen molar-refractivity contribution >= 4 is 42.3 Å². The van der Waals surface area contributed by atoms with Gasteiger partial charge >= 0.3 is 17.9 Å². The Balaban J connectivity index is 1.90. The predicted molar refractivity (Wildman–Crippen MR) is 91.5 cm³/mol. The number of hydrogen-bond acceptors (Lipinski definition) is 11. The number of esters is 3. The largest absolute Gasteiger partial charge is 0.463 e. The van der Waals surface area contributed by atoms with Gasteiger partial charge in [-0.3, -0.25) is 29.1 Å². The molecule has 3 rings (SSSR count). The summed E-state index contributed by atoms with van der Waals surface area (Å²) in [6.45, 7) is 3.37. The van der Waals surface area contributed by atoms with Crippen LogP contribution in [-0.4, -0.2) is 84.4 Å². The van der Waals surface area contributed by atoms with Gasteiger partial charge in [-0.15, -0.1) is 0 Å². The van der Waals surface area contributed by atoms with E-state index in [2.05, 4.69) is 15.0 Å². The zero-order valence-corrected chi connectivity index (χ0v) is 15.3. The van der Waals surface area contributed by atoms with Crippen LogP contribution in [0.5, 0.6) is 0 Å². The fraction of sp³-hybridized carbons (Fsp3) is 0.562. The number of rotatable bonds is 5. The lowest BCUT2D eigenvalue weighted by molar-refractivity contribution is -0.166. The van der Waals surface area contributed by atoms with Crippen molar-refractivity contribution in [1.29, 1.82) is 0 Å². The minimum atomic E-state index is -1.08. The van der Waals surface area contributed by atoms with E-state index in [4.69, 9.17) is 18.9 Å². The number of aliphatic imine (C=N–C) groups is 3. The molecule has 12 heteroatoms. The van der Waals surface area contributed by atoms with Gasteiger partial charge in [0.1, 0.15) is 24.9 Å². The Labute approximate surface area is 159 Å².